The van der Waals surface area contributed by atoms with Gasteiger partial charge in [-0.15, -0.1) is 0 Å². The van der Waals surface area contributed by atoms with Crippen molar-refractivity contribution in [2.24, 2.45) is 0 Å². The quantitative estimate of drug-likeness (QED) is 0.604. The molecule has 1 heterocycles. The Bertz CT molecular complexity index is 1020. The zero-order chi connectivity index (χ0) is 21.0. The van der Waals surface area contributed by atoms with Gasteiger partial charge in [-0.2, -0.15) is 0 Å². The molecule has 0 saturated carbocycles. The van der Waals surface area contributed by atoms with Crippen molar-refractivity contribution in [1.82, 2.24) is 4.57 Å². The van der Waals surface area contributed by atoms with Crippen molar-refractivity contribution in [3.05, 3.63) is 77.6 Å². The number of hydrogen-bond acceptors (Lipinski definition) is 3. The molecule has 0 spiro atoms. The lowest BCUT2D eigenvalue weighted by Gasteiger charge is -2.16. The molecule has 0 aliphatic carbocycles. The number of benzene rings is 2. The van der Waals surface area contributed by atoms with Gasteiger partial charge in [0.05, 0.1) is 5.56 Å². The van der Waals surface area contributed by atoms with E-state index in [1.807, 2.05) is 79.9 Å². The smallest absolute Gasteiger partial charge is 0.340 e. The molecule has 0 unspecified atom stereocenters. The summed E-state index contributed by atoms with van der Waals surface area (Å²) in [7, 11) is 0. The molecule has 0 radical (unpaired) electrons. The molecule has 1 atom stereocenters. The highest BCUT2D eigenvalue weighted by Crippen LogP contribution is 2.27. The van der Waals surface area contributed by atoms with Crippen molar-refractivity contribution in [2.75, 3.05) is 5.32 Å². The van der Waals surface area contributed by atoms with E-state index in [1.54, 1.807) is 13.0 Å². The summed E-state index contributed by atoms with van der Waals surface area (Å²) < 4.78 is 7.48. The molecular formula is C24H26N2O3. The number of ether oxygens (including phenoxy) is 1. The van der Waals surface area contributed by atoms with Crippen LogP contribution in [0.2, 0.25) is 0 Å². The van der Waals surface area contributed by atoms with Crippen LogP contribution >= 0.6 is 0 Å². The Balaban J connectivity index is 1.73. The van der Waals surface area contributed by atoms with Gasteiger partial charge >= 0.3 is 5.97 Å². The summed E-state index contributed by atoms with van der Waals surface area (Å²) in [5.74, 6) is -0.858. The van der Waals surface area contributed by atoms with Crippen LogP contribution in [0.5, 0.6) is 0 Å². The summed E-state index contributed by atoms with van der Waals surface area (Å²) in [5, 5.41) is 2.89. The van der Waals surface area contributed by atoms with E-state index in [1.165, 1.54) is 0 Å². The van der Waals surface area contributed by atoms with Crippen LogP contribution in [0.1, 0.15) is 35.6 Å². The van der Waals surface area contributed by atoms with Gasteiger partial charge < -0.3 is 14.6 Å². The highest BCUT2D eigenvalue weighted by Gasteiger charge is 2.23. The molecule has 29 heavy (non-hydrogen) atoms. The molecule has 5 nitrogen and oxygen atoms in total. The largest absolute Gasteiger partial charge is 0.449 e. The normalized spacial score (nSPS) is 11.7. The zero-order valence-corrected chi connectivity index (χ0v) is 17.2. The number of nitrogens with one attached hydrogen (secondary N) is 1. The second-order valence-corrected chi connectivity index (χ2v) is 6.98. The topological polar surface area (TPSA) is 60.3 Å². The second-order valence-electron chi connectivity index (χ2n) is 6.98. The number of carbonyl (C=O) groups is 2. The van der Waals surface area contributed by atoms with Gasteiger partial charge in [-0.3, -0.25) is 4.79 Å². The Labute approximate surface area is 171 Å². The molecule has 5 heteroatoms. The van der Waals surface area contributed by atoms with Crippen molar-refractivity contribution >= 4 is 17.6 Å². The summed E-state index contributed by atoms with van der Waals surface area (Å²) in [4.78, 5) is 25.3. The molecule has 1 N–H and O–H groups in total. The SMILES string of the molecule is CCn1c(C)cc(C(=O)O[C@H](C)C(=O)Nc2ccccc2-c2ccccc2)c1C. The lowest BCUT2D eigenvalue weighted by molar-refractivity contribution is -0.123. The fourth-order valence-electron chi connectivity index (χ4n) is 3.47. The predicted octanol–water partition coefficient (Wildman–Crippen LogP) is 4.98. The predicted molar refractivity (Wildman–Crippen MR) is 115 cm³/mol. The Hall–Kier alpha value is -3.34. The van der Waals surface area contributed by atoms with E-state index in [4.69, 9.17) is 4.74 Å². The van der Waals surface area contributed by atoms with Gasteiger partial charge in [0.1, 0.15) is 0 Å². The lowest BCUT2D eigenvalue weighted by atomic mass is 10.0. The van der Waals surface area contributed by atoms with Crippen LogP contribution in [0.4, 0.5) is 5.69 Å². The van der Waals surface area contributed by atoms with Crippen molar-refractivity contribution in [2.45, 2.75) is 40.3 Å². The van der Waals surface area contributed by atoms with Crippen molar-refractivity contribution < 1.29 is 14.3 Å². The van der Waals surface area contributed by atoms with E-state index < -0.39 is 12.1 Å². The van der Waals surface area contributed by atoms with Gasteiger partial charge in [0.15, 0.2) is 6.10 Å². The van der Waals surface area contributed by atoms with Crippen LogP contribution in [-0.4, -0.2) is 22.5 Å². The van der Waals surface area contributed by atoms with E-state index in [9.17, 15) is 9.59 Å². The van der Waals surface area contributed by atoms with E-state index in [0.29, 0.717) is 11.3 Å². The van der Waals surface area contributed by atoms with Gasteiger partial charge in [-0.25, -0.2) is 4.79 Å². The summed E-state index contributed by atoms with van der Waals surface area (Å²) in [6.45, 7) is 8.21. The number of aryl methyl sites for hydroxylation is 1. The highest BCUT2D eigenvalue weighted by atomic mass is 16.5. The Morgan fingerprint density at radius 1 is 1.03 bits per heavy atom. The van der Waals surface area contributed by atoms with Gasteiger partial charge in [0, 0.05) is 29.2 Å². The molecule has 0 aliphatic rings. The van der Waals surface area contributed by atoms with Crippen molar-refractivity contribution in [1.29, 1.82) is 0 Å². The number of anilines is 1. The fraction of sp³-hybridized carbons (Fsp3) is 0.250. The number of nitrogens with zero attached hydrogens (tertiary/aromatic N) is 1. The molecule has 0 bridgehead atoms. The van der Waals surface area contributed by atoms with E-state index >= 15 is 0 Å². The van der Waals surface area contributed by atoms with Gasteiger partial charge in [0.25, 0.3) is 5.91 Å². The lowest BCUT2D eigenvalue weighted by Crippen LogP contribution is -2.30. The van der Waals surface area contributed by atoms with Crippen LogP contribution < -0.4 is 5.32 Å². The molecule has 0 fully saturated rings. The molecule has 3 aromatic rings. The molecule has 1 aromatic heterocycles. The maximum absolute atomic E-state index is 12.7. The van der Waals surface area contributed by atoms with Crippen LogP contribution in [0.3, 0.4) is 0 Å². The first-order valence-corrected chi connectivity index (χ1v) is 9.75. The first-order chi connectivity index (χ1) is 13.9. The number of para-hydroxylation sites is 1. The Morgan fingerprint density at radius 2 is 1.69 bits per heavy atom. The molecule has 2 aromatic carbocycles. The second kappa shape index (κ2) is 8.78. The summed E-state index contributed by atoms with van der Waals surface area (Å²) in [6.07, 6.45) is -0.920. The van der Waals surface area contributed by atoms with Crippen LogP contribution in [0.15, 0.2) is 60.7 Å². The molecule has 3 rings (SSSR count). The summed E-state index contributed by atoms with van der Waals surface area (Å²) in [5.41, 5.74) is 4.92. The summed E-state index contributed by atoms with van der Waals surface area (Å²) in [6, 6.07) is 19.2. The maximum Gasteiger partial charge on any atom is 0.340 e. The van der Waals surface area contributed by atoms with Crippen molar-refractivity contribution in [3.8, 4) is 11.1 Å². The minimum atomic E-state index is -0.920. The number of hydrogen-bond donors (Lipinski definition) is 1. The Morgan fingerprint density at radius 3 is 2.34 bits per heavy atom. The molecular weight excluding hydrogens is 364 g/mol. The first kappa shape index (κ1) is 20.4. The highest BCUT2D eigenvalue weighted by molar-refractivity contribution is 6.00. The van der Waals surface area contributed by atoms with Gasteiger partial charge in [-0.05, 0) is 45.4 Å². The third-order valence-corrected chi connectivity index (χ3v) is 5.03. The molecule has 0 aliphatic heterocycles. The van der Waals surface area contributed by atoms with Crippen LogP contribution in [0.25, 0.3) is 11.1 Å². The van der Waals surface area contributed by atoms with Gasteiger partial charge in [0.2, 0.25) is 0 Å². The average molecular weight is 390 g/mol. The zero-order valence-electron chi connectivity index (χ0n) is 17.2. The minimum Gasteiger partial charge on any atom is -0.449 e. The molecule has 0 saturated heterocycles. The average Bonchev–Trinajstić information content (AvgIpc) is 3.02. The number of carbonyl (C=O) groups excluding carboxylic acids is 2. The third-order valence-electron chi connectivity index (χ3n) is 5.03. The third kappa shape index (κ3) is 4.40. The molecule has 1 amide bonds. The number of aromatic nitrogens is 1. The number of rotatable bonds is 6. The van der Waals surface area contributed by atoms with Crippen LogP contribution in [0, 0.1) is 13.8 Å². The summed E-state index contributed by atoms with van der Waals surface area (Å²) >= 11 is 0. The molecule has 150 valence electrons. The minimum absolute atomic E-state index is 0.369. The van der Waals surface area contributed by atoms with E-state index in [0.717, 1.165) is 29.1 Å². The number of esters is 1. The van der Waals surface area contributed by atoms with Gasteiger partial charge in [-0.1, -0.05) is 48.5 Å². The van der Waals surface area contributed by atoms with E-state index in [2.05, 4.69) is 5.32 Å². The number of amides is 1. The maximum atomic E-state index is 12.7. The fourth-order valence-corrected chi connectivity index (χ4v) is 3.47. The van der Waals surface area contributed by atoms with Crippen LogP contribution in [-0.2, 0) is 16.1 Å². The van der Waals surface area contributed by atoms with Crippen molar-refractivity contribution in [3.63, 3.8) is 0 Å². The first-order valence-electron chi connectivity index (χ1n) is 9.75. The van der Waals surface area contributed by atoms with E-state index in [-0.39, 0.29) is 5.91 Å². The standard InChI is InChI=1S/C24H26N2O3/c1-5-26-16(2)15-21(17(26)3)24(28)29-18(4)23(27)25-22-14-10-9-13-20(22)19-11-7-6-8-12-19/h6-15,18H,5H2,1-4H3,(H,25,27)/t18-/m1/s1. The Kier molecular flexibility index (Phi) is 6.17. The monoisotopic (exact) mass is 390 g/mol.